The Hall–Kier alpha value is -3.82. The fraction of sp³-hybridized carbons (Fsp3) is 0.391. The van der Waals surface area contributed by atoms with Gasteiger partial charge < -0.3 is 10.2 Å². The fourth-order valence-corrected chi connectivity index (χ4v) is 4.34. The number of nitrogens with zero attached hydrogens (tertiary/aromatic N) is 8. The van der Waals surface area contributed by atoms with Crippen molar-refractivity contribution in [2.45, 2.75) is 32.6 Å². The van der Waals surface area contributed by atoms with E-state index in [1.54, 1.807) is 16.9 Å². The molecule has 170 valence electrons. The molecule has 5 rings (SSSR count). The Labute approximate surface area is 191 Å². The Morgan fingerprint density at radius 2 is 1.97 bits per heavy atom. The molecule has 1 aliphatic rings. The maximum atomic E-state index is 12.7. The van der Waals surface area contributed by atoms with Crippen LogP contribution >= 0.6 is 0 Å². The number of rotatable bonds is 7. The maximum absolute atomic E-state index is 12.7. The van der Waals surface area contributed by atoms with Crippen LogP contribution < -0.4 is 10.2 Å². The normalized spacial score (nSPS) is 14.6. The predicted octanol–water partition coefficient (Wildman–Crippen LogP) is 1.98. The summed E-state index contributed by atoms with van der Waals surface area (Å²) in [5.74, 6) is 1.04. The number of benzene rings is 1. The maximum Gasteiger partial charge on any atom is 0.223 e. The second-order valence-corrected chi connectivity index (χ2v) is 8.39. The number of fused-ring (bicyclic) bond motifs is 1. The molecule has 33 heavy (non-hydrogen) atoms. The van der Waals surface area contributed by atoms with Crippen molar-refractivity contribution in [3.8, 4) is 5.69 Å². The molecule has 1 fully saturated rings. The van der Waals surface area contributed by atoms with E-state index in [1.807, 2.05) is 41.9 Å². The van der Waals surface area contributed by atoms with Crippen LogP contribution in [0.1, 0.15) is 30.5 Å². The summed E-state index contributed by atoms with van der Waals surface area (Å²) in [5.41, 5.74) is 3.92. The molecule has 10 nitrogen and oxygen atoms in total. The van der Waals surface area contributed by atoms with Crippen LogP contribution in [0.4, 0.5) is 5.82 Å². The minimum atomic E-state index is 0.0323. The van der Waals surface area contributed by atoms with Crippen LogP contribution in [0.15, 0.2) is 48.9 Å². The third-order valence-electron chi connectivity index (χ3n) is 6.22. The molecule has 10 heteroatoms. The highest BCUT2D eigenvalue weighted by Crippen LogP contribution is 2.23. The van der Waals surface area contributed by atoms with Crippen LogP contribution in [0.3, 0.4) is 0 Å². The molecular weight excluding hydrogens is 418 g/mol. The summed E-state index contributed by atoms with van der Waals surface area (Å²) in [7, 11) is 0. The number of carbonyl (C=O) groups is 1. The largest absolute Gasteiger partial charge is 0.356 e. The molecule has 3 aromatic heterocycles. The number of para-hydroxylation sites is 1. The van der Waals surface area contributed by atoms with Gasteiger partial charge in [0.2, 0.25) is 5.91 Å². The summed E-state index contributed by atoms with van der Waals surface area (Å²) >= 11 is 0. The van der Waals surface area contributed by atoms with Crippen LogP contribution in [-0.2, 0) is 11.2 Å². The van der Waals surface area contributed by atoms with E-state index in [1.165, 1.54) is 5.56 Å². The van der Waals surface area contributed by atoms with Gasteiger partial charge >= 0.3 is 0 Å². The lowest BCUT2D eigenvalue weighted by Gasteiger charge is -2.32. The molecular formula is C23H27N9O. The van der Waals surface area contributed by atoms with Crippen molar-refractivity contribution >= 4 is 17.4 Å². The zero-order valence-electron chi connectivity index (χ0n) is 18.6. The summed E-state index contributed by atoms with van der Waals surface area (Å²) in [5, 5.41) is 19.4. The average Bonchev–Trinajstić information content (AvgIpc) is 3.49. The van der Waals surface area contributed by atoms with Crippen molar-refractivity contribution in [3.63, 3.8) is 0 Å². The molecule has 0 spiro atoms. The Morgan fingerprint density at radius 3 is 2.79 bits per heavy atom. The van der Waals surface area contributed by atoms with E-state index < -0.39 is 0 Å². The SMILES string of the molecule is Cc1nn(-c2ccccc2)cc1CCCNC(=O)C1CCN(c2cncc3nnnn23)CC1. The van der Waals surface area contributed by atoms with Crippen molar-refractivity contribution in [2.24, 2.45) is 5.92 Å². The molecule has 4 aromatic rings. The predicted molar refractivity (Wildman–Crippen MR) is 123 cm³/mol. The van der Waals surface area contributed by atoms with Crippen LogP contribution in [0.2, 0.25) is 0 Å². The highest BCUT2D eigenvalue weighted by molar-refractivity contribution is 5.78. The monoisotopic (exact) mass is 445 g/mol. The lowest BCUT2D eigenvalue weighted by Crippen LogP contribution is -2.41. The Kier molecular flexibility index (Phi) is 5.97. The van der Waals surface area contributed by atoms with E-state index in [-0.39, 0.29) is 11.8 Å². The number of piperidine rings is 1. The molecule has 1 N–H and O–H groups in total. The number of hydrogen-bond acceptors (Lipinski definition) is 7. The van der Waals surface area contributed by atoms with Gasteiger partial charge in [-0.3, -0.25) is 9.78 Å². The quantitative estimate of drug-likeness (QED) is 0.434. The van der Waals surface area contributed by atoms with Gasteiger partial charge in [-0.1, -0.05) is 18.2 Å². The third-order valence-corrected chi connectivity index (χ3v) is 6.22. The fourth-order valence-electron chi connectivity index (χ4n) is 4.34. The molecule has 0 saturated carbocycles. The minimum Gasteiger partial charge on any atom is -0.356 e. The van der Waals surface area contributed by atoms with Gasteiger partial charge in [0.05, 0.1) is 23.8 Å². The highest BCUT2D eigenvalue weighted by Gasteiger charge is 2.26. The molecule has 0 aliphatic carbocycles. The standard InChI is InChI=1S/C23H27N9O/c1-17-19(16-31(27-17)20-7-3-2-4-8-20)6-5-11-25-23(33)18-9-12-30(13-10-18)22-15-24-14-21-26-28-29-32(21)22/h2-4,7-8,14-16,18H,5-6,9-13H2,1H3,(H,25,33). The summed E-state index contributed by atoms with van der Waals surface area (Å²) in [4.78, 5) is 19.1. The minimum absolute atomic E-state index is 0.0323. The number of aryl methyl sites for hydroxylation is 2. The van der Waals surface area contributed by atoms with E-state index in [9.17, 15) is 4.79 Å². The third kappa shape index (κ3) is 4.55. The number of hydrogen-bond donors (Lipinski definition) is 1. The molecule has 1 amide bonds. The van der Waals surface area contributed by atoms with E-state index in [4.69, 9.17) is 0 Å². The summed E-state index contributed by atoms with van der Waals surface area (Å²) in [6, 6.07) is 10.1. The van der Waals surface area contributed by atoms with Gasteiger partial charge in [0.1, 0.15) is 0 Å². The second-order valence-electron chi connectivity index (χ2n) is 8.39. The first-order valence-corrected chi connectivity index (χ1v) is 11.3. The van der Waals surface area contributed by atoms with Crippen molar-refractivity contribution in [1.29, 1.82) is 0 Å². The Morgan fingerprint density at radius 1 is 1.15 bits per heavy atom. The van der Waals surface area contributed by atoms with Crippen LogP contribution in [0.5, 0.6) is 0 Å². The molecule has 0 atom stereocenters. The average molecular weight is 446 g/mol. The number of aromatic nitrogens is 7. The molecule has 0 unspecified atom stereocenters. The van der Waals surface area contributed by atoms with Crippen molar-refractivity contribution in [2.75, 3.05) is 24.5 Å². The topological polar surface area (TPSA) is 106 Å². The van der Waals surface area contributed by atoms with Crippen LogP contribution in [-0.4, -0.2) is 60.3 Å². The summed E-state index contributed by atoms with van der Waals surface area (Å²) in [6.07, 6.45) is 8.87. The second kappa shape index (κ2) is 9.35. The van der Waals surface area contributed by atoms with E-state index in [0.717, 1.165) is 56.0 Å². The zero-order chi connectivity index (χ0) is 22.6. The summed E-state index contributed by atoms with van der Waals surface area (Å²) < 4.78 is 3.61. The van der Waals surface area contributed by atoms with Gasteiger partial charge in [-0.15, -0.1) is 5.10 Å². The van der Waals surface area contributed by atoms with Crippen molar-refractivity contribution in [3.05, 3.63) is 60.2 Å². The van der Waals surface area contributed by atoms with E-state index in [0.29, 0.717) is 12.2 Å². The van der Waals surface area contributed by atoms with Gasteiger partial charge in [-0.05, 0) is 60.7 Å². The summed E-state index contributed by atoms with van der Waals surface area (Å²) in [6.45, 7) is 4.25. The Balaban J connectivity index is 1.08. The number of nitrogens with one attached hydrogen (secondary N) is 1. The van der Waals surface area contributed by atoms with Crippen LogP contribution in [0, 0.1) is 12.8 Å². The first kappa shape index (κ1) is 21.0. The van der Waals surface area contributed by atoms with Gasteiger partial charge in [-0.25, -0.2) is 4.68 Å². The van der Waals surface area contributed by atoms with Gasteiger partial charge in [-0.2, -0.15) is 9.61 Å². The van der Waals surface area contributed by atoms with Crippen LogP contribution in [0.25, 0.3) is 11.3 Å². The van der Waals surface area contributed by atoms with Gasteiger partial charge in [0.25, 0.3) is 0 Å². The van der Waals surface area contributed by atoms with E-state index >= 15 is 0 Å². The Bertz CT molecular complexity index is 1230. The number of amides is 1. The molecule has 1 saturated heterocycles. The lowest BCUT2D eigenvalue weighted by molar-refractivity contribution is -0.125. The number of tetrazole rings is 1. The molecule has 0 bridgehead atoms. The molecule has 4 heterocycles. The van der Waals surface area contributed by atoms with Gasteiger partial charge in [0, 0.05) is 31.7 Å². The first-order valence-electron chi connectivity index (χ1n) is 11.3. The highest BCUT2D eigenvalue weighted by atomic mass is 16.1. The zero-order valence-corrected chi connectivity index (χ0v) is 18.6. The van der Waals surface area contributed by atoms with E-state index in [2.05, 4.69) is 42.0 Å². The van der Waals surface area contributed by atoms with Crippen molar-refractivity contribution in [1.82, 2.24) is 40.1 Å². The number of anilines is 1. The molecule has 1 aliphatic heterocycles. The molecule has 0 radical (unpaired) electrons. The van der Waals surface area contributed by atoms with Gasteiger partial charge in [0.15, 0.2) is 11.5 Å². The molecule has 1 aromatic carbocycles. The van der Waals surface area contributed by atoms with Crippen molar-refractivity contribution < 1.29 is 4.79 Å². The number of carbonyl (C=O) groups excluding carboxylic acids is 1. The smallest absolute Gasteiger partial charge is 0.223 e. The lowest BCUT2D eigenvalue weighted by atomic mass is 9.96. The first-order chi connectivity index (χ1) is 16.2.